The average molecular weight is 283 g/mol. The van der Waals surface area contributed by atoms with Crippen molar-refractivity contribution in [2.75, 3.05) is 18.4 Å². The van der Waals surface area contributed by atoms with Crippen LogP contribution in [-0.4, -0.2) is 29.9 Å². The number of amides is 3. The van der Waals surface area contributed by atoms with Crippen LogP contribution in [0.3, 0.4) is 0 Å². The smallest absolute Gasteiger partial charge is 0.321 e. The van der Waals surface area contributed by atoms with E-state index in [4.69, 9.17) is 5.73 Å². The number of hydrogen-bond donors (Lipinski definition) is 2. The molecule has 1 aromatic carbocycles. The Morgan fingerprint density at radius 1 is 1.35 bits per heavy atom. The van der Waals surface area contributed by atoms with Crippen LogP contribution in [0.25, 0.3) is 0 Å². The predicted molar refractivity (Wildman–Crippen MR) is 68.9 cm³/mol. The minimum Gasteiger partial charge on any atom is -0.369 e. The molecule has 0 aromatic heterocycles. The van der Waals surface area contributed by atoms with E-state index in [1.54, 1.807) is 0 Å². The number of piperidine rings is 1. The second-order valence-electron chi connectivity index (χ2n) is 4.74. The lowest BCUT2D eigenvalue weighted by molar-refractivity contribution is -0.123. The van der Waals surface area contributed by atoms with E-state index < -0.39 is 23.6 Å². The molecule has 0 radical (unpaired) electrons. The first-order valence-corrected chi connectivity index (χ1v) is 6.27. The fourth-order valence-electron chi connectivity index (χ4n) is 2.18. The number of carbonyl (C=O) groups is 2. The molecular weight excluding hydrogens is 268 g/mol. The van der Waals surface area contributed by atoms with Crippen LogP contribution in [-0.2, 0) is 4.79 Å². The summed E-state index contributed by atoms with van der Waals surface area (Å²) < 4.78 is 26.2. The van der Waals surface area contributed by atoms with Gasteiger partial charge < -0.3 is 16.0 Å². The van der Waals surface area contributed by atoms with Crippen LogP contribution in [0.15, 0.2) is 18.2 Å². The van der Waals surface area contributed by atoms with Gasteiger partial charge in [-0.05, 0) is 25.0 Å². The van der Waals surface area contributed by atoms with Crippen molar-refractivity contribution in [3.8, 4) is 0 Å². The van der Waals surface area contributed by atoms with E-state index in [-0.39, 0.29) is 18.2 Å². The van der Waals surface area contributed by atoms with Gasteiger partial charge >= 0.3 is 6.03 Å². The monoisotopic (exact) mass is 283 g/mol. The number of urea groups is 1. The number of nitrogens with zero attached hydrogens (tertiary/aromatic N) is 1. The maximum atomic E-state index is 13.4. The van der Waals surface area contributed by atoms with Gasteiger partial charge in [0.15, 0.2) is 0 Å². The lowest BCUT2D eigenvalue weighted by atomic mass is 9.98. The molecule has 1 aliphatic heterocycles. The first-order chi connectivity index (χ1) is 9.47. The Bertz CT molecular complexity index is 536. The summed E-state index contributed by atoms with van der Waals surface area (Å²) in [6.45, 7) is 0.683. The minimum absolute atomic E-state index is 0.0994. The first-order valence-electron chi connectivity index (χ1n) is 6.27. The number of primary amides is 1. The number of nitrogens with two attached hydrogens (primary N) is 1. The van der Waals surface area contributed by atoms with Crippen molar-refractivity contribution in [2.45, 2.75) is 12.8 Å². The number of rotatable bonds is 2. The zero-order valence-corrected chi connectivity index (χ0v) is 10.7. The summed E-state index contributed by atoms with van der Waals surface area (Å²) in [4.78, 5) is 24.5. The van der Waals surface area contributed by atoms with Gasteiger partial charge in [-0.3, -0.25) is 4.79 Å². The Morgan fingerprint density at radius 2 is 2.10 bits per heavy atom. The zero-order chi connectivity index (χ0) is 14.7. The predicted octanol–water partition coefficient (Wildman–Crippen LogP) is 1.69. The summed E-state index contributed by atoms with van der Waals surface area (Å²) >= 11 is 0. The fraction of sp³-hybridized carbons (Fsp3) is 0.385. The Balaban J connectivity index is 2.02. The molecule has 5 nitrogen and oxygen atoms in total. The van der Waals surface area contributed by atoms with Crippen LogP contribution >= 0.6 is 0 Å². The highest BCUT2D eigenvalue weighted by Crippen LogP contribution is 2.19. The number of likely N-dealkylation sites (tertiary alicyclic amines) is 1. The lowest BCUT2D eigenvalue weighted by Gasteiger charge is -2.31. The second kappa shape index (κ2) is 5.85. The quantitative estimate of drug-likeness (QED) is 0.866. The highest BCUT2D eigenvalue weighted by Gasteiger charge is 2.27. The number of hydrogen-bond acceptors (Lipinski definition) is 2. The third-order valence-electron chi connectivity index (χ3n) is 3.28. The van der Waals surface area contributed by atoms with Gasteiger partial charge in [-0.15, -0.1) is 0 Å². The highest BCUT2D eigenvalue weighted by atomic mass is 19.1. The van der Waals surface area contributed by atoms with Crippen molar-refractivity contribution >= 4 is 17.6 Å². The van der Waals surface area contributed by atoms with E-state index in [0.29, 0.717) is 25.5 Å². The SMILES string of the molecule is NC(=O)[C@H]1CCCN(C(=O)Nc2ccc(F)cc2F)C1. The topological polar surface area (TPSA) is 75.4 Å². The van der Waals surface area contributed by atoms with E-state index in [1.807, 2.05) is 0 Å². The molecule has 7 heteroatoms. The van der Waals surface area contributed by atoms with Crippen molar-refractivity contribution in [1.29, 1.82) is 0 Å². The normalized spacial score (nSPS) is 18.7. The standard InChI is InChI=1S/C13H15F2N3O2/c14-9-3-4-11(10(15)6-9)17-13(20)18-5-1-2-8(7-18)12(16)19/h3-4,6,8H,1-2,5,7H2,(H2,16,19)(H,17,20)/t8-/m0/s1. The van der Waals surface area contributed by atoms with Crippen LogP contribution in [0, 0.1) is 17.6 Å². The molecule has 0 bridgehead atoms. The average Bonchev–Trinajstić information content (AvgIpc) is 2.42. The molecule has 3 amide bonds. The van der Waals surface area contributed by atoms with Crippen LogP contribution in [0.1, 0.15) is 12.8 Å². The van der Waals surface area contributed by atoms with Gasteiger partial charge in [0.1, 0.15) is 11.6 Å². The molecule has 1 fully saturated rings. The number of nitrogens with one attached hydrogen (secondary N) is 1. The largest absolute Gasteiger partial charge is 0.369 e. The molecule has 0 spiro atoms. The van der Waals surface area contributed by atoms with E-state index in [1.165, 1.54) is 4.90 Å². The van der Waals surface area contributed by atoms with Crippen molar-refractivity contribution in [2.24, 2.45) is 11.7 Å². The summed E-state index contributed by atoms with van der Waals surface area (Å²) in [5, 5.41) is 2.36. The number of halogens is 2. The molecule has 20 heavy (non-hydrogen) atoms. The minimum atomic E-state index is -0.846. The number of anilines is 1. The van der Waals surface area contributed by atoms with Crippen LogP contribution < -0.4 is 11.1 Å². The van der Waals surface area contributed by atoms with Gasteiger partial charge in [-0.2, -0.15) is 0 Å². The Labute approximate surface area is 114 Å². The Morgan fingerprint density at radius 3 is 2.75 bits per heavy atom. The highest BCUT2D eigenvalue weighted by molar-refractivity contribution is 5.90. The molecule has 0 unspecified atom stereocenters. The maximum absolute atomic E-state index is 13.4. The zero-order valence-electron chi connectivity index (χ0n) is 10.7. The molecule has 1 saturated heterocycles. The van der Waals surface area contributed by atoms with Crippen molar-refractivity contribution < 1.29 is 18.4 Å². The van der Waals surface area contributed by atoms with E-state index in [9.17, 15) is 18.4 Å². The molecular formula is C13H15F2N3O2. The van der Waals surface area contributed by atoms with E-state index >= 15 is 0 Å². The van der Waals surface area contributed by atoms with E-state index in [2.05, 4.69) is 5.32 Å². The van der Waals surface area contributed by atoms with Gasteiger partial charge in [-0.25, -0.2) is 13.6 Å². The summed E-state index contributed by atoms with van der Waals surface area (Å²) in [6.07, 6.45) is 1.30. The summed E-state index contributed by atoms with van der Waals surface area (Å²) in [7, 11) is 0. The van der Waals surface area contributed by atoms with E-state index in [0.717, 1.165) is 12.1 Å². The molecule has 1 atom stereocenters. The van der Waals surface area contributed by atoms with Gasteiger partial charge in [0.2, 0.25) is 5.91 Å². The molecule has 0 saturated carbocycles. The van der Waals surface area contributed by atoms with Gasteiger partial charge in [0.05, 0.1) is 11.6 Å². The lowest BCUT2D eigenvalue weighted by Crippen LogP contribution is -2.45. The third-order valence-corrected chi connectivity index (χ3v) is 3.28. The first kappa shape index (κ1) is 14.2. The number of carbonyl (C=O) groups excluding carboxylic acids is 2. The Kier molecular flexibility index (Phi) is 4.16. The van der Waals surface area contributed by atoms with Gasteiger partial charge in [-0.1, -0.05) is 0 Å². The third kappa shape index (κ3) is 3.23. The van der Waals surface area contributed by atoms with Gasteiger partial charge in [0, 0.05) is 19.2 Å². The molecule has 108 valence electrons. The molecule has 1 heterocycles. The molecule has 1 aliphatic rings. The van der Waals surface area contributed by atoms with Gasteiger partial charge in [0.25, 0.3) is 0 Å². The summed E-state index contributed by atoms with van der Waals surface area (Å²) in [6, 6.07) is 2.37. The Hall–Kier alpha value is -2.18. The van der Waals surface area contributed by atoms with Crippen LogP contribution in [0.5, 0.6) is 0 Å². The molecule has 1 aromatic rings. The molecule has 3 N–H and O–H groups in total. The van der Waals surface area contributed by atoms with Crippen molar-refractivity contribution in [3.05, 3.63) is 29.8 Å². The maximum Gasteiger partial charge on any atom is 0.321 e. The van der Waals surface area contributed by atoms with Crippen LogP contribution in [0.2, 0.25) is 0 Å². The number of benzene rings is 1. The van der Waals surface area contributed by atoms with Crippen molar-refractivity contribution in [3.63, 3.8) is 0 Å². The molecule has 2 rings (SSSR count). The molecule has 0 aliphatic carbocycles. The van der Waals surface area contributed by atoms with Crippen molar-refractivity contribution in [1.82, 2.24) is 4.90 Å². The second-order valence-corrected chi connectivity index (χ2v) is 4.74. The summed E-state index contributed by atoms with van der Waals surface area (Å²) in [5.74, 6) is -2.39. The fourth-order valence-corrected chi connectivity index (χ4v) is 2.18. The summed E-state index contributed by atoms with van der Waals surface area (Å²) in [5.41, 5.74) is 5.12. The van der Waals surface area contributed by atoms with Crippen LogP contribution in [0.4, 0.5) is 19.3 Å².